The van der Waals surface area contributed by atoms with E-state index in [-0.39, 0.29) is 6.61 Å². The van der Waals surface area contributed by atoms with Gasteiger partial charge in [0.1, 0.15) is 5.69 Å². The molecule has 2 N–H and O–H groups in total. The average molecular weight is 373 g/mol. The SMILES string of the molecule is [C-]#[N+]c1c(-c2ccc(-c3cccc(N)c3)cc2)c(C(=O)OCC)n(C)c1CC. The van der Waals surface area contributed by atoms with E-state index in [4.69, 9.17) is 17.0 Å². The number of nitrogens with two attached hydrogens (primary N) is 1. The maximum Gasteiger partial charge on any atom is 0.354 e. The van der Waals surface area contributed by atoms with Crippen LogP contribution in [0.1, 0.15) is 30.0 Å². The van der Waals surface area contributed by atoms with Gasteiger partial charge >= 0.3 is 5.97 Å². The van der Waals surface area contributed by atoms with Gasteiger partial charge in [-0.1, -0.05) is 43.3 Å². The summed E-state index contributed by atoms with van der Waals surface area (Å²) in [6.07, 6.45) is 0.655. The third-order valence-corrected chi connectivity index (χ3v) is 4.80. The molecule has 0 aliphatic carbocycles. The molecule has 0 atom stereocenters. The van der Waals surface area contributed by atoms with Crippen molar-refractivity contribution < 1.29 is 9.53 Å². The van der Waals surface area contributed by atoms with Gasteiger partial charge in [0.15, 0.2) is 0 Å². The van der Waals surface area contributed by atoms with Crippen LogP contribution in [0, 0.1) is 6.57 Å². The predicted octanol–water partition coefficient (Wildman–Crippen LogP) is 5.23. The smallest absolute Gasteiger partial charge is 0.354 e. The summed E-state index contributed by atoms with van der Waals surface area (Å²) >= 11 is 0. The number of ether oxygens (including phenoxy) is 1. The summed E-state index contributed by atoms with van der Waals surface area (Å²) in [4.78, 5) is 16.4. The Bertz CT molecular complexity index is 1060. The zero-order valence-corrected chi connectivity index (χ0v) is 16.3. The fourth-order valence-corrected chi connectivity index (χ4v) is 3.50. The van der Waals surface area contributed by atoms with E-state index in [0.717, 1.165) is 22.4 Å². The van der Waals surface area contributed by atoms with E-state index in [1.54, 1.807) is 11.5 Å². The molecule has 1 heterocycles. The number of nitrogens with zero attached hydrogens (tertiary/aromatic N) is 2. The lowest BCUT2D eigenvalue weighted by molar-refractivity contribution is 0.0516. The first kappa shape index (κ1) is 19.2. The molecule has 0 spiro atoms. The van der Waals surface area contributed by atoms with Gasteiger partial charge in [-0.05, 0) is 42.2 Å². The van der Waals surface area contributed by atoms with Crippen molar-refractivity contribution in [2.45, 2.75) is 20.3 Å². The molecule has 3 rings (SSSR count). The number of carbonyl (C=O) groups is 1. The number of hydrogen-bond acceptors (Lipinski definition) is 3. The summed E-state index contributed by atoms with van der Waals surface area (Å²) < 4.78 is 7.04. The normalized spacial score (nSPS) is 10.5. The molecular weight excluding hydrogens is 350 g/mol. The highest BCUT2D eigenvalue weighted by molar-refractivity contribution is 6.01. The first-order chi connectivity index (χ1) is 13.5. The Morgan fingerprint density at radius 2 is 1.79 bits per heavy atom. The quantitative estimate of drug-likeness (QED) is 0.378. The zero-order valence-electron chi connectivity index (χ0n) is 16.3. The largest absolute Gasteiger partial charge is 0.461 e. The third kappa shape index (κ3) is 3.37. The Kier molecular flexibility index (Phi) is 5.51. The molecule has 0 bridgehead atoms. The van der Waals surface area contributed by atoms with E-state index >= 15 is 0 Å². The van der Waals surface area contributed by atoms with Gasteiger partial charge in [-0.25, -0.2) is 9.64 Å². The Morgan fingerprint density at radius 3 is 2.36 bits per heavy atom. The summed E-state index contributed by atoms with van der Waals surface area (Å²) in [5, 5.41) is 0. The van der Waals surface area contributed by atoms with E-state index in [1.807, 2.05) is 62.5 Å². The minimum absolute atomic E-state index is 0.284. The molecule has 28 heavy (non-hydrogen) atoms. The molecule has 0 aliphatic heterocycles. The summed E-state index contributed by atoms with van der Waals surface area (Å²) in [7, 11) is 1.81. The van der Waals surface area contributed by atoms with E-state index in [2.05, 4.69) is 4.85 Å². The molecular formula is C23H23N3O2. The molecule has 0 amide bonds. The monoisotopic (exact) mass is 373 g/mol. The predicted molar refractivity (Wildman–Crippen MR) is 112 cm³/mol. The highest BCUT2D eigenvalue weighted by Crippen LogP contribution is 2.40. The number of nitrogen functional groups attached to an aromatic ring is 1. The van der Waals surface area contributed by atoms with Crippen LogP contribution in [0.3, 0.4) is 0 Å². The van der Waals surface area contributed by atoms with Gasteiger partial charge in [0.2, 0.25) is 5.69 Å². The van der Waals surface area contributed by atoms with Crippen LogP contribution >= 0.6 is 0 Å². The number of rotatable bonds is 5. The van der Waals surface area contributed by atoms with Gasteiger partial charge in [-0.3, -0.25) is 0 Å². The second kappa shape index (κ2) is 8.01. The molecule has 0 aliphatic rings. The van der Waals surface area contributed by atoms with Crippen LogP contribution in [0.25, 0.3) is 27.1 Å². The average Bonchev–Trinajstić information content (AvgIpc) is 2.99. The van der Waals surface area contributed by atoms with Crippen LogP contribution < -0.4 is 5.73 Å². The number of carbonyl (C=O) groups excluding carboxylic acids is 1. The van der Waals surface area contributed by atoms with Gasteiger partial charge < -0.3 is 15.0 Å². The van der Waals surface area contributed by atoms with Gasteiger partial charge in [0, 0.05) is 24.0 Å². The van der Waals surface area contributed by atoms with Crippen LogP contribution in [0.2, 0.25) is 0 Å². The van der Waals surface area contributed by atoms with Crippen molar-refractivity contribution in [1.29, 1.82) is 0 Å². The minimum atomic E-state index is -0.412. The number of esters is 1. The summed E-state index contributed by atoms with van der Waals surface area (Å²) in [6.45, 7) is 11.7. The van der Waals surface area contributed by atoms with Crippen molar-refractivity contribution in [2.24, 2.45) is 7.05 Å². The van der Waals surface area contributed by atoms with Gasteiger partial charge in [0.05, 0.1) is 13.2 Å². The maximum atomic E-state index is 12.6. The highest BCUT2D eigenvalue weighted by Gasteiger charge is 2.26. The Labute approximate surface area is 165 Å². The van der Waals surface area contributed by atoms with E-state index < -0.39 is 5.97 Å². The second-order valence-corrected chi connectivity index (χ2v) is 6.47. The fourth-order valence-electron chi connectivity index (χ4n) is 3.50. The lowest BCUT2D eigenvalue weighted by Crippen LogP contribution is -2.12. The van der Waals surface area contributed by atoms with Crippen molar-refractivity contribution >= 4 is 17.3 Å². The van der Waals surface area contributed by atoms with Crippen molar-refractivity contribution in [3.05, 3.63) is 71.3 Å². The van der Waals surface area contributed by atoms with Gasteiger partial charge in [0.25, 0.3) is 0 Å². The lowest BCUT2D eigenvalue weighted by atomic mass is 9.99. The molecule has 142 valence electrons. The summed E-state index contributed by atoms with van der Waals surface area (Å²) in [5.41, 5.74) is 11.8. The van der Waals surface area contributed by atoms with Crippen molar-refractivity contribution in [1.82, 2.24) is 4.57 Å². The first-order valence-electron chi connectivity index (χ1n) is 9.24. The van der Waals surface area contributed by atoms with Crippen molar-refractivity contribution in [3.8, 4) is 22.3 Å². The van der Waals surface area contributed by atoms with Crippen LogP contribution in [0.5, 0.6) is 0 Å². The third-order valence-electron chi connectivity index (χ3n) is 4.80. The number of anilines is 1. The maximum absolute atomic E-state index is 12.6. The molecule has 5 nitrogen and oxygen atoms in total. The zero-order chi connectivity index (χ0) is 20.3. The minimum Gasteiger partial charge on any atom is -0.461 e. The van der Waals surface area contributed by atoms with Crippen molar-refractivity contribution in [2.75, 3.05) is 12.3 Å². The molecule has 0 unspecified atom stereocenters. The number of hydrogen-bond donors (Lipinski definition) is 1. The van der Waals surface area contributed by atoms with E-state index in [1.165, 1.54) is 0 Å². The second-order valence-electron chi connectivity index (χ2n) is 6.47. The van der Waals surface area contributed by atoms with Gasteiger partial charge in [-0.15, -0.1) is 0 Å². The highest BCUT2D eigenvalue weighted by atomic mass is 16.5. The fraction of sp³-hybridized carbons (Fsp3) is 0.217. The number of benzene rings is 2. The molecule has 0 radical (unpaired) electrons. The summed E-state index contributed by atoms with van der Waals surface area (Å²) in [5.74, 6) is -0.412. The molecule has 5 heteroatoms. The molecule has 2 aromatic carbocycles. The standard InChI is InChI=1S/C23H23N3O2/c1-5-19-21(25-3)20(22(26(19)4)23(27)28-6-2)16-12-10-15(11-13-16)17-8-7-9-18(24)14-17/h7-14H,5-6,24H2,1-2,4H3. The molecule has 1 aromatic heterocycles. The Balaban J connectivity index is 2.15. The molecule has 3 aromatic rings. The molecule has 0 saturated carbocycles. The number of aromatic nitrogens is 1. The van der Waals surface area contributed by atoms with Crippen LogP contribution in [0.15, 0.2) is 48.5 Å². The van der Waals surface area contributed by atoms with Crippen LogP contribution in [0.4, 0.5) is 11.4 Å². The Hall–Kier alpha value is -3.52. The molecule has 0 saturated heterocycles. The molecule has 0 fully saturated rings. The summed E-state index contributed by atoms with van der Waals surface area (Å²) in [6, 6.07) is 15.5. The van der Waals surface area contributed by atoms with Gasteiger partial charge in [-0.2, -0.15) is 0 Å². The van der Waals surface area contributed by atoms with Crippen LogP contribution in [-0.2, 0) is 18.2 Å². The first-order valence-corrected chi connectivity index (χ1v) is 9.24. The topological polar surface area (TPSA) is 61.6 Å². The van der Waals surface area contributed by atoms with E-state index in [0.29, 0.717) is 29.1 Å². The van der Waals surface area contributed by atoms with Crippen molar-refractivity contribution in [3.63, 3.8) is 0 Å². The lowest BCUT2D eigenvalue weighted by Gasteiger charge is -2.10. The van der Waals surface area contributed by atoms with E-state index in [9.17, 15) is 4.79 Å². The van der Waals surface area contributed by atoms with Crippen LogP contribution in [-0.4, -0.2) is 17.1 Å². The Morgan fingerprint density at radius 1 is 1.11 bits per heavy atom.